The van der Waals surface area contributed by atoms with Crippen LogP contribution in [-0.2, 0) is 9.53 Å². The minimum Gasteiger partial charge on any atom is -0.463 e. The smallest absolute Gasteiger partial charge is 0.330 e. The molecule has 1 aromatic carbocycles. The van der Waals surface area contributed by atoms with Crippen LogP contribution in [0.5, 0.6) is 0 Å². The molecule has 0 bridgehead atoms. The van der Waals surface area contributed by atoms with Gasteiger partial charge < -0.3 is 4.74 Å². The van der Waals surface area contributed by atoms with Gasteiger partial charge in [0.25, 0.3) is 0 Å². The second-order valence-corrected chi connectivity index (χ2v) is 2.75. The van der Waals surface area contributed by atoms with E-state index >= 15 is 0 Å². The Labute approximate surface area is 85.0 Å². The van der Waals surface area contributed by atoms with Crippen LogP contribution in [0.2, 0.25) is 0 Å². The second kappa shape index (κ2) is 5.27. The third kappa shape index (κ3) is 3.48. The fourth-order valence-electron chi connectivity index (χ4n) is 0.962. The van der Waals surface area contributed by atoms with E-state index in [1.807, 2.05) is 12.1 Å². The number of esters is 1. The Hall–Kier alpha value is -1.51. The molecule has 2 nitrogen and oxygen atoms in total. The maximum Gasteiger partial charge on any atom is 0.330 e. The molecular formula is C11H11BO2. The van der Waals surface area contributed by atoms with Gasteiger partial charge in [-0.05, 0) is 18.6 Å². The first kappa shape index (κ1) is 10.6. The van der Waals surface area contributed by atoms with Crippen molar-refractivity contribution in [2.45, 2.75) is 6.92 Å². The van der Waals surface area contributed by atoms with Crippen LogP contribution in [0.1, 0.15) is 12.5 Å². The first-order valence-corrected chi connectivity index (χ1v) is 4.42. The quantitative estimate of drug-likeness (QED) is 0.400. The molecule has 0 saturated heterocycles. The summed E-state index contributed by atoms with van der Waals surface area (Å²) in [7, 11) is 5.51. The summed E-state index contributed by atoms with van der Waals surface area (Å²) in [6, 6.07) is 7.24. The predicted octanol–water partition coefficient (Wildman–Crippen LogP) is 1.06. The van der Waals surface area contributed by atoms with Gasteiger partial charge in [-0.1, -0.05) is 29.7 Å². The molecule has 0 aliphatic heterocycles. The van der Waals surface area contributed by atoms with Gasteiger partial charge in [-0.2, -0.15) is 0 Å². The first-order chi connectivity index (χ1) is 6.72. The Morgan fingerprint density at radius 2 is 2.07 bits per heavy atom. The molecular weight excluding hydrogens is 175 g/mol. The topological polar surface area (TPSA) is 26.3 Å². The van der Waals surface area contributed by atoms with Crippen LogP contribution in [0.4, 0.5) is 0 Å². The number of rotatable bonds is 3. The van der Waals surface area contributed by atoms with Gasteiger partial charge in [0.1, 0.15) is 7.85 Å². The van der Waals surface area contributed by atoms with Crippen molar-refractivity contribution in [2.75, 3.05) is 6.61 Å². The minimum absolute atomic E-state index is 0.329. The van der Waals surface area contributed by atoms with E-state index in [1.54, 1.807) is 25.1 Å². The lowest BCUT2D eigenvalue weighted by atomic mass is 9.95. The van der Waals surface area contributed by atoms with E-state index in [0.717, 1.165) is 5.56 Å². The summed E-state index contributed by atoms with van der Waals surface area (Å²) >= 11 is 0. The molecule has 0 spiro atoms. The summed E-state index contributed by atoms with van der Waals surface area (Å²) in [5.74, 6) is -0.329. The SMILES string of the molecule is [B]c1ccc(/C=C/C(=O)OCC)cc1. The third-order valence-corrected chi connectivity index (χ3v) is 1.63. The summed E-state index contributed by atoms with van der Waals surface area (Å²) in [5.41, 5.74) is 1.63. The lowest BCUT2D eigenvalue weighted by Crippen LogP contribution is -2.00. The highest BCUT2D eigenvalue weighted by atomic mass is 16.5. The fraction of sp³-hybridized carbons (Fsp3) is 0.182. The molecule has 0 fully saturated rings. The van der Waals surface area contributed by atoms with Crippen molar-refractivity contribution in [3.63, 3.8) is 0 Å². The molecule has 0 aliphatic carbocycles. The first-order valence-electron chi connectivity index (χ1n) is 4.42. The molecule has 0 atom stereocenters. The van der Waals surface area contributed by atoms with Gasteiger partial charge in [0.2, 0.25) is 0 Å². The normalized spacial score (nSPS) is 10.4. The molecule has 14 heavy (non-hydrogen) atoms. The number of benzene rings is 1. The van der Waals surface area contributed by atoms with Crippen LogP contribution in [0.25, 0.3) is 6.08 Å². The molecule has 3 heteroatoms. The summed E-state index contributed by atoms with van der Waals surface area (Å²) in [4.78, 5) is 10.9. The van der Waals surface area contributed by atoms with Gasteiger partial charge in [-0.15, -0.1) is 0 Å². The Morgan fingerprint density at radius 3 is 2.64 bits per heavy atom. The number of carbonyl (C=O) groups excluding carboxylic acids is 1. The van der Waals surface area contributed by atoms with Gasteiger partial charge in [0.05, 0.1) is 6.61 Å². The molecule has 1 rings (SSSR count). The average molecular weight is 186 g/mol. The molecule has 0 N–H and O–H groups in total. The Morgan fingerprint density at radius 1 is 1.43 bits per heavy atom. The fourth-order valence-corrected chi connectivity index (χ4v) is 0.962. The van der Waals surface area contributed by atoms with Crippen molar-refractivity contribution in [1.82, 2.24) is 0 Å². The minimum atomic E-state index is -0.329. The highest BCUT2D eigenvalue weighted by molar-refractivity contribution is 6.32. The lowest BCUT2D eigenvalue weighted by molar-refractivity contribution is -0.137. The summed E-state index contributed by atoms with van der Waals surface area (Å²) in [5, 5.41) is 0. The summed E-state index contributed by atoms with van der Waals surface area (Å²) < 4.78 is 4.74. The van der Waals surface area contributed by atoms with Crippen LogP contribution in [0, 0.1) is 0 Å². The highest BCUT2D eigenvalue weighted by Crippen LogP contribution is 1.99. The number of hydrogen-bond donors (Lipinski definition) is 0. The van der Waals surface area contributed by atoms with Gasteiger partial charge in [-0.25, -0.2) is 4.79 Å². The molecule has 70 valence electrons. The highest BCUT2D eigenvalue weighted by Gasteiger charge is 1.93. The number of ether oxygens (including phenoxy) is 1. The van der Waals surface area contributed by atoms with E-state index in [0.29, 0.717) is 12.1 Å². The van der Waals surface area contributed by atoms with Crippen LogP contribution in [-0.4, -0.2) is 20.4 Å². The molecule has 0 unspecified atom stereocenters. The molecule has 2 radical (unpaired) electrons. The van der Waals surface area contributed by atoms with Crippen LogP contribution < -0.4 is 5.46 Å². The Bertz CT molecular complexity index is 328. The van der Waals surface area contributed by atoms with Crippen molar-refractivity contribution in [1.29, 1.82) is 0 Å². The molecule has 0 saturated carbocycles. The Kier molecular flexibility index (Phi) is 3.98. The van der Waals surface area contributed by atoms with Crippen LogP contribution in [0.15, 0.2) is 30.3 Å². The lowest BCUT2D eigenvalue weighted by Gasteiger charge is -1.96. The zero-order chi connectivity index (χ0) is 10.4. The number of carbonyl (C=O) groups is 1. The van der Waals surface area contributed by atoms with E-state index in [-0.39, 0.29) is 5.97 Å². The van der Waals surface area contributed by atoms with E-state index in [9.17, 15) is 4.79 Å². The molecule has 1 aromatic rings. The van der Waals surface area contributed by atoms with E-state index in [2.05, 4.69) is 0 Å². The maximum absolute atomic E-state index is 10.9. The second-order valence-electron chi connectivity index (χ2n) is 2.75. The van der Waals surface area contributed by atoms with Crippen molar-refractivity contribution >= 4 is 25.4 Å². The third-order valence-electron chi connectivity index (χ3n) is 1.63. The molecule has 0 aliphatic rings. The van der Waals surface area contributed by atoms with Gasteiger partial charge in [-0.3, -0.25) is 0 Å². The zero-order valence-electron chi connectivity index (χ0n) is 8.07. The van der Waals surface area contributed by atoms with Gasteiger partial charge in [0, 0.05) is 6.08 Å². The number of hydrogen-bond acceptors (Lipinski definition) is 2. The van der Waals surface area contributed by atoms with Crippen LogP contribution >= 0.6 is 0 Å². The maximum atomic E-state index is 10.9. The average Bonchev–Trinajstić information content (AvgIpc) is 2.17. The van der Waals surface area contributed by atoms with Crippen LogP contribution in [0.3, 0.4) is 0 Å². The summed E-state index contributed by atoms with van der Waals surface area (Å²) in [6.07, 6.45) is 3.09. The van der Waals surface area contributed by atoms with E-state index in [4.69, 9.17) is 12.6 Å². The van der Waals surface area contributed by atoms with Crippen molar-refractivity contribution < 1.29 is 9.53 Å². The van der Waals surface area contributed by atoms with Crippen molar-refractivity contribution in [2.24, 2.45) is 0 Å². The largest absolute Gasteiger partial charge is 0.463 e. The molecule has 0 aromatic heterocycles. The predicted molar refractivity (Wildman–Crippen MR) is 57.5 cm³/mol. The van der Waals surface area contributed by atoms with E-state index < -0.39 is 0 Å². The van der Waals surface area contributed by atoms with Gasteiger partial charge in [0.15, 0.2) is 0 Å². The monoisotopic (exact) mass is 186 g/mol. The van der Waals surface area contributed by atoms with E-state index in [1.165, 1.54) is 6.08 Å². The van der Waals surface area contributed by atoms with Crippen molar-refractivity contribution in [3.8, 4) is 0 Å². The standard InChI is InChI=1S/C11H11BO2/c1-2-14-11(13)8-5-9-3-6-10(12)7-4-9/h3-8H,2H2,1H3/b8-5+. The molecule has 0 heterocycles. The van der Waals surface area contributed by atoms with Crippen molar-refractivity contribution in [3.05, 3.63) is 35.9 Å². The van der Waals surface area contributed by atoms with Gasteiger partial charge >= 0.3 is 5.97 Å². The summed E-state index contributed by atoms with van der Waals surface area (Å²) in [6.45, 7) is 2.17. The Balaban J connectivity index is 2.60. The molecule has 0 amide bonds. The zero-order valence-corrected chi connectivity index (χ0v) is 8.07.